The Labute approximate surface area is 160 Å². The number of nitrogens with zero attached hydrogens (tertiary/aromatic N) is 3. The maximum atomic E-state index is 12.5. The summed E-state index contributed by atoms with van der Waals surface area (Å²) in [5.41, 5.74) is 5.85. The van der Waals surface area contributed by atoms with Crippen LogP contribution >= 0.6 is 24.8 Å². The summed E-state index contributed by atoms with van der Waals surface area (Å²) in [5, 5.41) is 3.30. The van der Waals surface area contributed by atoms with E-state index >= 15 is 0 Å². The Morgan fingerprint density at radius 2 is 1.88 bits per heavy atom. The van der Waals surface area contributed by atoms with Gasteiger partial charge >= 0.3 is 0 Å². The molecule has 0 radical (unpaired) electrons. The van der Waals surface area contributed by atoms with Crippen LogP contribution in [0, 0.1) is 0 Å². The first kappa shape index (κ1) is 21.5. The molecule has 1 aromatic rings. The minimum atomic E-state index is -0.474. The number of amides is 2. The number of piperazine rings is 1. The van der Waals surface area contributed by atoms with Crippen molar-refractivity contribution in [3.05, 3.63) is 23.9 Å². The van der Waals surface area contributed by atoms with Crippen molar-refractivity contribution in [2.45, 2.75) is 25.3 Å². The van der Waals surface area contributed by atoms with Crippen LogP contribution in [0.3, 0.4) is 0 Å². The van der Waals surface area contributed by atoms with E-state index in [1.54, 1.807) is 18.3 Å². The maximum Gasteiger partial charge on any atom is 0.252 e. The van der Waals surface area contributed by atoms with Crippen molar-refractivity contribution in [3.63, 3.8) is 0 Å². The average Bonchev–Trinajstić information content (AvgIpc) is 2.62. The summed E-state index contributed by atoms with van der Waals surface area (Å²) >= 11 is 0. The minimum Gasteiger partial charge on any atom is -0.365 e. The van der Waals surface area contributed by atoms with Crippen LogP contribution in [0.25, 0.3) is 0 Å². The summed E-state index contributed by atoms with van der Waals surface area (Å²) in [6.45, 7) is 3.54. The number of nitrogens with one attached hydrogen (secondary N) is 1. The summed E-state index contributed by atoms with van der Waals surface area (Å²) in [7, 11) is 0. The molecule has 0 unspecified atom stereocenters. The number of piperidine rings is 1. The summed E-state index contributed by atoms with van der Waals surface area (Å²) < 4.78 is 0. The molecule has 140 valence electrons. The number of primary amides is 1. The molecule has 3 N–H and O–H groups in total. The van der Waals surface area contributed by atoms with Crippen LogP contribution < -0.4 is 16.0 Å². The fourth-order valence-electron chi connectivity index (χ4n) is 3.26. The second kappa shape index (κ2) is 9.79. The Balaban J connectivity index is 0.00000156. The SMILES string of the molecule is Cl.Cl.NC(=O)c1cccnc1N1CCN(C(=O)[C@H]2CCCCN2)CC1. The smallest absolute Gasteiger partial charge is 0.252 e. The van der Waals surface area contributed by atoms with E-state index in [1.165, 1.54) is 0 Å². The molecule has 2 saturated heterocycles. The molecule has 1 atom stereocenters. The van der Waals surface area contributed by atoms with Gasteiger partial charge in [-0.15, -0.1) is 24.8 Å². The van der Waals surface area contributed by atoms with Gasteiger partial charge in [-0.05, 0) is 31.5 Å². The highest BCUT2D eigenvalue weighted by Gasteiger charge is 2.29. The first-order chi connectivity index (χ1) is 11.2. The molecule has 3 rings (SSSR count). The van der Waals surface area contributed by atoms with Crippen molar-refractivity contribution < 1.29 is 9.59 Å². The highest BCUT2D eigenvalue weighted by molar-refractivity contribution is 5.97. The Morgan fingerprint density at radius 3 is 2.48 bits per heavy atom. The van der Waals surface area contributed by atoms with Crippen molar-refractivity contribution >= 4 is 42.4 Å². The normalized spacial score (nSPS) is 20.2. The molecule has 3 heterocycles. The number of aromatic nitrogens is 1. The van der Waals surface area contributed by atoms with Gasteiger partial charge in [-0.2, -0.15) is 0 Å². The molecule has 2 aliphatic rings. The molecule has 0 aromatic carbocycles. The van der Waals surface area contributed by atoms with Crippen molar-refractivity contribution in [1.29, 1.82) is 0 Å². The van der Waals surface area contributed by atoms with Gasteiger partial charge in [0.2, 0.25) is 5.91 Å². The number of carbonyl (C=O) groups is 2. The van der Waals surface area contributed by atoms with Crippen LogP contribution in [-0.2, 0) is 4.79 Å². The second-order valence-corrected chi connectivity index (χ2v) is 6.05. The van der Waals surface area contributed by atoms with Gasteiger partial charge in [0, 0.05) is 32.4 Å². The lowest BCUT2D eigenvalue weighted by molar-refractivity contribution is -0.134. The van der Waals surface area contributed by atoms with Crippen LogP contribution in [0.5, 0.6) is 0 Å². The lowest BCUT2D eigenvalue weighted by Gasteiger charge is -2.38. The lowest BCUT2D eigenvalue weighted by Crippen LogP contribution is -2.55. The largest absolute Gasteiger partial charge is 0.365 e. The van der Waals surface area contributed by atoms with Crippen LogP contribution in [0.15, 0.2) is 18.3 Å². The van der Waals surface area contributed by atoms with Crippen LogP contribution in [0.2, 0.25) is 0 Å². The number of hydrogen-bond donors (Lipinski definition) is 2. The van der Waals surface area contributed by atoms with Crippen molar-refractivity contribution in [1.82, 2.24) is 15.2 Å². The van der Waals surface area contributed by atoms with E-state index in [2.05, 4.69) is 10.3 Å². The quantitative estimate of drug-likeness (QED) is 0.797. The molecule has 9 heteroatoms. The van der Waals surface area contributed by atoms with Gasteiger partial charge in [-0.1, -0.05) is 6.42 Å². The number of halogens is 2. The van der Waals surface area contributed by atoms with Gasteiger partial charge < -0.3 is 20.9 Å². The van der Waals surface area contributed by atoms with E-state index in [1.807, 2.05) is 9.80 Å². The predicted octanol–water partition coefficient (Wildman–Crippen LogP) is 0.815. The van der Waals surface area contributed by atoms with E-state index in [9.17, 15) is 9.59 Å². The van der Waals surface area contributed by atoms with E-state index in [0.29, 0.717) is 37.6 Å². The van der Waals surface area contributed by atoms with Gasteiger partial charge in [0.1, 0.15) is 5.82 Å². The fourth-order valence-corrected chi connectivity index (χ4v) is 3.26. The molecule has 7 nitrogen and oxygen atoms in total. The van der Waals surface area contributed by atoms with Crippen molar-refractivity contribution in [2.75, 3.05) is 37.6 Å². The van der Waals surface area contributed by atoms with E-state index < -0.39 is 5.91 Å². The molecular formula is C16H25Cl2N5O2. The zero-order chi connectivity index (χ0) is 16.2. The highest BCUT2D eigenvalue weighted by Crippen LogP contribution is 2.19. The van der Waals surface area contributed by atoms with Gasteiger partial charge in [-0.3, -0.25) is 9.59 Å². The standard InChI is InChI=1S/C16H23N5O2.2ClH/c17-14(22)12-4-3-7-19-15(12)20-8-10-21(11-9-20)16(23)13-5-1-2-6-18-13;;/h3-4,7,13,18H,1-2,5-6,8-11H2,(H2,17,22);2*1H/t13-;;/m1../s1. The number of rotatable bonds is 3. The number of hydrogen-bond acceptors (Lipinski definition) is 5. The molecule has 0 aliphatic carbocycles. The molecule has 0 bridgehead atoms. The number of nitrogens with two attached hydrogens (primary N) is 1. The molecule has 2 amide bonds. The van der Waals surface area contributed by atoms with Crippen molar-refractivity contribution in [3.8, 4) is 0 Å². The highest BCUT2D eigenvalue weighted by atomic mass is 35.5. The molecule has 2 fully saturated rings. The first-order valence-electron chi connectivity index (χ1n) is 8.19. The number of pyridine rings is 1. The van der Waals surface area contributed by atoms with Gasteiger partial charge in [0.25, 0.3) is 5.91 Å². The molecule has 1 aromatic heterocycles. The summed E-state index contributed by atoms with van der Waals surface area (Å²) in [5.74, 6) is 0.335. The molecular weight excluding hydrogens is 365 g/mol. The summed E-state index contributed by atoms with van der Waals surface area (Å²) in [6, 6.07) is 3.36. The molecule has 25 heavy (non-hydrogen) atoms. The Kier molecular flexibility index (Phi) is 8.41. The zero-order valence-corrected chi connectivity index (χ0v) is 15.7. The van der Waals surface area contributed by atoms with E-state index in [4.69, 9.17) is 5.73 Å². The first-order valence-corrected chi connectivity index (χ1v) is 8.19. The predicted molar refractivity (Wildman–Crippen MR) is 102 cm³/mol. The van der Waals surface area contributed by atoms with Crippen LogP contribution in [-0.4, -0.2) is 60.5 Å². The fraction of sp³-hybridized carbons (Fsp3) is 0.562. The Bertz CT molecular complexity index is 588. The molecule has 0 spiro atoms. The molecule has 2 aliphatic heterocycles. The van der Waals surface area contributed by atoms with Gasteiger partial charge in [0.05, 0.1) is 11.6 Å². The topological polar surface area (TPSA) is 91.6 Å². The third-order valence-electron chi connectivity index (χ3n) is 4.55. The molecule has 0 saturated carbocycles. The van der Waals surface area contributed by atoms with Gasteiger partial charge in [0.15, 0.2) is 0 Å². The third-order valence-corrected chi connectivity index (χ3v) is 4.55. The lowest BCUT2D eigenvalue weighted by atomic mass is 10.0. The zero-order valence-electron chi connectivity index (χ0n) is 14.0. The number of anilines is 1. The third kappa shape index (κ3) is 4.96. The average molecular weight is 390 g/mol. The monoisotopic (exact) mass is 389 g/mol. The summed E-state index contributed by atoms with van der Waals surface area (Å²) in [4.78, 5) is 32.3. The Hall–Kier alpha value is -1.57. The van der Waals surface area contributed by atoms with E-state index in [-0.39, 0.29) is 36.8 Å². The second-order valence-electron chi connectivity index (χ2n) is 6.05. The van der Waals surface area contributed by atoms with Crippen molar-refractivity contribution in [2.24, 2.45) is 5.73 Å². The number of carbonyl (C=O) groups excluding carboxylic acids is 2. The van der Waals surface area contributed by atoms with E-state index in [0.717, 1.165) is 25.8 Å². The van der Waals surface area contributed by atoms with Crippen LogP contribution in [0.1, 0.15) is 29.6 Å². The Morgan fingerprint density at radius 1 is 1.16 bits per heavy atom. The van der Waals surface area contributed by atoms with Gasteiger partial charge in [-0.25, -0.2) is 4.98 Å². The van der Waals surface area contributed by atoms with Crippen LogP contribution in [0.4, 0.5) is 5.82 Å². The minimum absolute atomic E-state index is 0. The summed E-state index contributed by atoms with van der Waals surface area (Å²) in [6.07, 6.45) is 4.84. The maximum absolute atomic E-state index is 12.5.